The summed E-state index contributed by atoms with van der Waals surface area (Å²) in [5.41, 5.74) is 0.633. The molecule has 0 aliphatic heterocycles. The Labute approximate surface area is 103 Å². The van der Waals surface area contributed by atoms with Crippen LogP contribution in [0.3, 0.4) is 0 Å². The van der Waals surface area contributed by atoms with Crippen molar-refractivity contribution in [2.24, 2.45) is 0 Å². The summed E-state index contributed by atoms with van der Waals surface area (Å²) in [7, 11) is 1.61. The van der Waals surface area contributed by atoms with Gasteiger partial charge < -0.3 is 14.9 Å². The molecule has 0 amide bonds. The monoisotopic (exact) mass is 238 g/mol. The standard InChI is InChI=1S/C14H22O3/c1-5-14(16,6-2)13(15)12-8-7-11(17-4)9-10(12)3/h7-9,13,15-16H,5-6H2,1-4H3. The molecule has 1 unspecified atom stereocenters. The maximum atomic E-state index is 10.3. The van der Waals surface area contributed by atoms with Crippen LogP contribution in [0.5, 0.6) is 5.75 Å². The fourth-order valence-electron chi connectivity index (χ4n) is 2.01. The Hall–Kier alpha value is -1.06. The molecule has 0 bridgehead atoms. The van der Waals surface area contributed by atoms with Crippen molar-refractivity contribution in [1.82, 2.24) is 0 Å². The molecule has 0 heterocycles. The summed E-state index contributed by atoms with van der Waals surface area (Å²) in [6, 6.07) is 5.48. The van der Waals surface area contributed by atoms with Gasteiger partial charge in [0.1, 0.15) is 11.9 Å². The highest BCUT2D eigenvalue weighted by molar-refractivity contribution is 5.37. The average molecular weight is 238 g/mol. The lowest BCUT2D eigenvalue weighted by Gasteiger charge is -2.32. The van der Waals surface area contributed by atoms with Crippen molar-refractivity contribution in [3.05, 3.63) is 29.3 Å². The van der Waals surface area contributed by atoms with Crippen LogP contribution in [-0.4, -0.2) is 22.9 Å². The summed E-state index contributed by atoms with van der Waals surface area (Å²) >= 11 is 0. The summed E-state index contributed by atoms with van der Waals surface area (Å²) in [5.74, 6) is 0.759. The highest BCUT2D eigenvalue weighted by Gasteiger charge is 2.33. The second-order valence-electron chi connectivity index (χ2n) is 4.44. The van der Waals surface area contributed by atoms with Gasteiger partial charge in [-0.05, 0) is 43.0 Å². The van der Waals surface area contributed by atoms with Crippen LogP contribution in [0.25, 0.3) is 0 Å². The van der Waals surface area contributed by atoms with Crippen LogP contribution in [0, 0.1) is 6.92 Å². The molecular formula is C14H22O3. The van der Waals surface area contributed by atoms with Crippen LogP contribution in [0.2, 0.25) is 0 Å². The fourth-order valence-corrected chi connectivity index (χ4v) is 2.01. The van der Waals surface area contributed by atoms with Crippen molar-refractivity contribution in [3.8, 4) is 5.75 Å². The zero-order chi connectivity index (χ0) is 13.1. The molecule has 1 aromatic rings. The molecule has 0 fully saturated rings. The summed E-state index contributed by atoms with van der Waals surface area (Å²) in [6.45, 7) is 5.67. The first-order chi connectivity index (χ1) is 7.98. The van der Waals surface area contributed by atoms with Crippen LogP contribution < -0.4 is 4.74 Å². The molecular weight excluding hydrogens is 216 g/mol. The van der Waals surface area contributed by atoms with Crippen molar-refractivity contribution in [1.29, 1.82) is 0 Å². The van der Waals surface area contributed by atoms with Gasteiger partial charge >= 0.3 is 0 Å². The van der Waals surface area contributed by atoms with Crippen LogP contribution in [0.4, 0.5) is 0 Å². The molecule has 1 atom stereocenters. The van der Waals surface area contributed by atoms with E-state index in [1.54, 1.807) is 13.2 Å². The Morgan fingerprint density at radius 3 is 2.29 bits per heavy atom. The minimum absolute atomic E-state index is 0.524. The molecule has 0 aromatic heterocycles. The van der Waals surface area contributed by atoms with Gasteiger partial charge in [-0.15, -0.1) is 0 Å². The van der Waals surface area contributed by atoms with E-state index in [1.807, 2.05) is 32.9 Å². The van der Waals surface area contributed by atoms with E-state index in [2.05, 4.69) is 0 Å². The Bertz CT molecular complexity index is 370. The maximum absolute atomic E-state index is 10.3. The van der Waals surface area contributed by atoms with Crippen molar-refractivity contribution < 1.29 is 14.9 Å². The van der Waals surface area contributed by atoms with Crippen LogP contribution in [0.1, 0.15) is 43.9 Å². The van der Waals surface area contributed by atoms with E-state index in [9.17, 15) is 10.2 Å². The highest BCUT2D eigenvalue weighted by Crippen LogP contribution is 2.34. The maximum Gasteiger partial charge on any atom is 0.119 e. The van der Waals surface area contributed by atoms with E-state index in [0.29, 0.717) is 12.8 Å². The first-order valence-electron chi connectivity index (χ1n) is 6.03. The second-order valence-corrected chi connectivity index (χ2v) is 4.44. The molecule has 0 saturated carbocycles. The molecule has 3 nitrogen and oxygen atoms in total. The Morgan fingerprint density at radius 1 is 1.29 bits per heavy atom. The van der Waals surface area contributed by atoms with Gasteiger partial charge in [0.2, 0.25) is 0 Å². The van der Waals surface area contributed by atoms with E-state index in [4.69, 9.17) is 4.74 Å². The number of hydrogen-bond donors (Lipinski definition) is 2. The van der Waals surface area contributed by atoms with Gasteiger partial charge in [0.25, 0.3) is 0 Å². The van der Waals surface area contributed by atoms with E-state index >= 15 is 0 Å². The summed E-state index contributed by atoms with van der Waals surface area (Å²) in [6.07, 6.45) is 0.190. The molecule has 0 spiro atoms. The number of benzene rings is 1. The molecule has 0 aliphatic rings. The fraction of sp³-hybridized carbons (Fsp3) is 0.571. The lowest BCUT2D eigenvalue weighted by atomic mass is 9.85. The lowest BCUT2D eigenvalue weighted by molar-refractivity contribution is -0.0823. The number of ether oxygens (including phenoxy) is 1. The molecule has 0 aliphatic carbocycles. The topological polar surface area (TPSA) is 49.7 Å². The lowest BCUT2D eigenvalue weighted by Crippen LogP contribution is -2.35. The van der Waals surface area contributed by atoms with Crippen LogP contribution in [0.15, 0.2) is 18.2 Å². The Kier molecular flexibility index (Phi) is 4.54. The van der Waals surface area contributed by atoms with Gasteiger partial charge in [0.05, 0.1) is 12.7 Å². The van der Waals surface area contributed by atoms with Crippen molar-refractivity contribution >= 4 is 0 Å². The van der Waals surface area contributed by atoms with Gasteiger partial charge in [-0.1, -0.05) is 19.9 Å². The number of aryl methyl sites for hydroxylation is 1. The molecule has 1 aromatic carbocycles. The third-order valence-corrected chi connectivity index (χ3v) is 3.51. The van der Waals surface area contributed by atoms with Gasteiger partial charge in [0.15, 0.2) is 0 Å². The van der Waals surface area contributed by atoms with Gasteiger partial charge in [-0.25, -0.2) is 0 Å². The van der Waals surface area contributed by atoms with Gasteiger partial charge in [0, 0.05) is 0 Å². The zero-order valence-electron chi connectivity index (χ0n) is 11.0. The number of hydrogen-bond acceptors (Lipinski definition) is 3. The number of aliphatic hydroxyl groups excluding tert-OH is 1. The second kappa shape index (κ2) is 5.52. The van der Waals surface area contributed by atoms with Crippen LogP contribution >= 0.6 is 0 Å². The van der Waals surface area contributed by atoms with Crippen molar-refractivity contribution in [3.63, 3.8) is 0 Å². The molecule has 0 radical (unpaired) electrons. The Morgan fingerprint density at radius 2 is 1.88 bits per heavy atom. The third kappa shape index (κ3) is 2.79. The van der Waals surface area contributed by atoms with Gasteiger partial charge in [-0.2, -0.15) is 0 Å². The highest BCUT2D eigenvalue weighted by atomic mass is 16.5. The zero-order valence-corrected chi connectivity index (χ0v) is 11.0. The molecule has 1 rings (SSSR count). The van der Waals surface area contributed by atoms with Crippen molar-refractivity contribution in [2.45, 2.75) is 45.3 Å². The quantitative estimate of drug-likeness (QED) is 0.829. The van der Waals surface area contributed by atoms with E-state index in [-0.39, 0.29) is 0 Å². The summed E-state index contributed by atoms with van der Waals surface area (Å²) < 4.78 is 5.12. The minimum atomic E-state index is -1.06. The molecule has 17 heavy (non-hydrogen) atoms. The van der Waals surface area contributed by atoms with E-state index in [0.717, 1.165) is 16.9 Å². The Balaban J connectivity index is 3.08. The normalized spacial score (nSPS) is 13.5. The third-order valence-electron chi connectivity index (χ3n) is 3.51. The number of methoxy groups -OCH3 is 1. The number of aliphatic hydroxyl groups is 2. The van der Waals surface area contributed by atoms with Gasteiger partial charge in [-0.3, -0.25) is 0 Å². The smallest absolute Gasteiger partial charge is 0.119 e. The number of rotatable bonds is 5. The summed E-state index contributed by atoms with van der Waals surface area (Å²) in [4.78, 5) is 0. The SMILES string of the molecule is CCC(O)(CC)C(O)c1ccc(OC)cc1C. The van der Waals surface area contributed by atoms with E-state index < -0.39 is 11.7 Å². The first kappa shape index (κ1) is 14.0. The van der Waals surface area contributed by atoms with Crippen LogP contribution in [-0.2, 0) is 0 Å². The minimum Gasteiger partial charge on any atom is -0.497 e. The molecule has 2 N–H and O–H groups in total. The van der Waals surface area contributed by atoms with Crippen molar-refractivity contribution in [2.75, 3.05) is 7.11 Å². The summed E-state index contributed by atoms with van der Waals surface area (Å²) in [5, 5.41) is 20.6. The molecule has 3 heteroatoms. The van der Waals surface area contributed by atoms with E-state index in [1.165, 1.54) is 0 Å². The largest absolute Gasteiger partial charge is 0.497 e. The predicted molar refractivity (Wildman–Crippen MR) is 68.2 cm³/mol. The predicted octanol–water partition coefficient (Wildman–Crippen LogP) is 2.59. The molecule has 96 valence electrons. The first-order valence-corrected chi connectivity index (χ1v) is 6.03. The molecule has 0 saturated heterocycles. The average Bonchev–Trinajstić information content (AvgIpc) is 2.36.